The summed E-state index contributed by atoms with van der Waals surface area (Å²) in [6.07, 6.45) is 3.44. The smallest absolute Gasteiger partial charge is 0.323 e. The van der Waals surface area contributed by atoms with E-state index >= 15 is 0 Å². The zero-order valence-electron chi connectivity index (χ0n) is 13.0. The molecule has 128 valence electrons. The third-order valence-corrected chi connectivity index (χ3v) is 3.65. The van der Waals surface area contributed by atoms with Crippen LogP contribution in [0.4, 0.5) is 26.2 Å². The van der Waals surface area contributed by atoms with Gasteiger partial charge >= 0.3 is 6.03 Å². The van der Waals surface area contributed by atoms with Gasteiger partial charge in [0.2, 0.25) is 0 Å². The zero-order valence-corrected chi connectivity index (χ0v) is 13.8. The van der Waals surface area contributed by atoms with Crippen LogP contribution in [0.15, 0.2) is 54.9 Å². The van der Waals surface area contributed by atoms with Crippen LogP contribution in [0.2, 0.25) is 5.02 Å². The van der Waals surface area contributed by atoms with Crippen molar-refractivity contribution in [3.63, 3.8) is 0 Å². The normalized spacial score (nSPS) is 10.3. The number of halogens is 2. The Balaban J connectivity index is 1.59. The summed E-state index contributed by atoms with van der Waals surface area (Å²) >= 11 is 5.69. The summed E-state index contributed by atoms with van der Waals surface area (Å²) in [6, 6.07) is 11.0. The van der Waals surface area contributed by atoms with Crippen molar-refractivity contribution in [1.29, 1.82) is 0 Å². The highest BCUT2D eigenvalue weighted by atomic mass is 35.5. The monoisotopic (exact) mass is 359 g/mol. The Morgan fingerprint density at radius 2 is 1.92 bits per heavy atom. The van der Waals surface area contributed by atoms with Gasteiger partial charge in [-0.3, -0.25) is 5.10 Å². The molecule has 0 aliphatic heterocycles. The summed E-state index contributed by atoms with van der Waals surface area (Å²) in [4.78, 5) is 12.0. The molecule has 0 saturated carbocycles. The summed E-state index contributed by atoms with van der Waals surface area (Å²) in [5, 5.41) is 15.1. The Labute approximate surface area is 148 Å². The molecule has 3 rings (SSSR count). The molecule has 2 amide bonds. The number of nitrogens with one attached hydrogen (secondary N) is 4. The summed E-state index contributed by atoms with van der Waals surface area (Å²) in [5.41, 5.74) is 2.91. The topological polar surface area (TPSA) is 81.8 Å². The fourth-order valence-electron chi connectivity index (χ4n) is 2.18. The number of amides is 2. The molecule has 0 radical (unpaired) electrons. The van der Waals surface area contributed by atoms with Crippen molar-refractivity contribution in [2.45, 2.75) is 6.54 Å². The highest BCUT2D eigenvalue weighted by molar-refractivity contribution is 6.31. The van der Waals surface area contributed by atoms with E-state index in [-0.39, 0.29) is 5.02 Å². The molecular weight excluding hydrogens is 345 g/mol. The average Bonchev–Trinajstić information content (AvgIpc) is 3.10. The van der Waals surface area contributed by atoms with Crippen LogP contribution in [-0.2, 0) is 6.54 Å². The van der Waals surface area contributed by atoms with E-state index in [0.29, 0.717) is 17.9 Å². The molecule has 1 heterocycles. The maximum absolute atomic E-state index is 13.1. The second-order valence-corrected chi connectivity index (χ2v) is 5.66. The standard InChI is InChI=1S/C17H15ClFN5O/c18-15-7-13(4-5-16(15)19)24-17(25)23-12-3-1-2-11(6-12)8-20-14-9-21-22-10-14/h1-7,9-10,20H,8H2,(H,21,22)(H2,23,24,25). The fraction of sp³-hybridized carbons (Fsp3) is 0.0588. The first-order valence-corrected chi connectivity index (χ1v) is 7.82. The van der Waals surface area contributed by atoms with Gasteiger partial charge in [0.1, 0.15) is 5.82 Å². The predicted molar refractivity (Wildman–Crippen MR) is 96.4 cm³/mol. The third kappa shape index (κ3) is 4.71. The number of carbonyl (C=O) groups is 1. The molecule has 0 aliphatic rings. The summed E-state index contributed by atoms with van der Waals surface area (Å²) < 4.78 is 13.1. The number of aromatic nitrogens is 2. The van der Waals surface area contributed by atoms with E-state index < -0.39 is 11.8 Å². The van der Waals surface area contributed by atoms with Gasteiger partial charge in [-0.15, -0.1) is 0 Å². The van der Waals surface area contributed by atoms with E-state index in [2.05, 4.69) is 26.1 Å². The Hall–Kier alpha value is -3.06. The second kappa shape index (κ2) is 7.67. The van der Waals surface area contributed by atoms with Crippen molar-refractivity contribution < 1.29 is 9.18 Å². The van der Waals surface area contributed by atoms with Gasteiger partial charge in [-0.1, -0.05) is 23.7 Å². The van der Waals surface area contributed by atoms with Gasteiger partial charge in [0.15, 0.2) is 0 Å². The van der Waals surface area contributed by atoms with Crippen LogP contribution >= 0.6 is 11.6 Å². The van der Waals surface area contributed by atoms with Crippen molar-refractivity contribution in [2.24, 2.45) is 0 Å². The lowest BCUT2D eigenvalue weighted by Crippen LogP contribution is -2.19. The van der Waals surface area contributed by atoms with Gasteiger partial charge in [0.25, 0.3) is 0 Å². The minimum Gasteiger partial charge on any atom is -0.378 e. The Kier molecular flexibility index (Phi) is 5.15. The molecule has 25 heavy (non-hydrogen) atoms. The van der Waals surface area contributed by atoms with E-state index in [4.69, 9.17) is 11.6 Å². The maximum atomic E-state index is 13.1. The lowest BCUT2D eigenvalue weighted by atomic mass is 10.2. The van der Waals surface area contributed by atoms with Crippen LogP contribution in [0, 0.1) is 5.82 Å². The number of urea groups is 1. The highest BCUT2D eigenvalue weighted by Crippen LogP contribution is 2.20. The molecule has 0 aliphatic carbocycles. The number of hydrogen-bond donors (Lipinski definition) is 4. The number of carbonyl (C=O) groups excluding carboxylic acids is 1. The molecule has 4 N–H and O–H groups in total. The minimum absolute atomic E-state index is 0.0508. The molecule has 3 aromatic rings. The first-order chi connectivity index (χ1) is 12.1. The van der Waals surface area contributed by atoms with E-state index in [1.54, 1.807) is 18.5 Å². The molecule has 8 heteroatoms. The second-order valence-electron chi connectivity index (χ2n) is 5.25. The molecule has 6 nitrogen and oxygen atoms in total. The van der Waals surface area contributed by atoms with Crippen LogP contribution in [0.3, 0.4) is 0 Å². The number of nitrogens with zero attached hydrogens (tertiary/aromatic N) is 1. The van der Waals surface area contributed by atoms with Crippen molar-refractivity contribution in [3.05, 3.63) is 71.3 Å². The number of H-pyrrole nitrogens is 1. The fourth-order valence-corrected chi connectivity index (χ4v) is 2.36. The van der Waals surface area contributed by atoms with Gasteiger partial charge < -0.3 is 16.0 Å². The molecule has 0 unspecified atom stereocenters. The molecule has 0 fully saturated rings. The molecule has 0 atom stereocenters. The number of anilines is 3. The first kappa shape index (κ1) is 16.8. The van der Waals surface area contributed by atoms with E-state index in [9.17, 15) is 9.18 Å². The van der Waals surface area contributed by atoms with Crippen molar-refractivity contribution in [1.82, 2.24) is 10.2 Å². The van der Waals surface area contributed by atoms with E-state index in [0.717, 1.165) is 11.3 Å². The number of aromatic amines is 1. The van der Waals surface area contributed by atoms with Crippen LogP contribution in [0.5, 0.6) is 0 Å². The van der Waals surface area contributed by atoms with Crippen molar-refractivity contribution in [3.8, 4) is 0 Å². The predicted octanol–water partition coefficient (Wildman–Crippen LogP) is 4.46. The molecule has 0 bridgehead atoms. The van der Waals surface area contributed by atoms with Gasteiger partial charge in [0, 0.05) is 24.1 Å². The van der Waals surface area contributed by atoms with Gasteiger partial charge in [-0.25, -0.2) is 9.18 Å². The molecule has 1 aromatic heterocycles. The summed E-state index contributed by atoms with van der Waals surface area (Å²) in [7, 11) is 0. The summed E-state index contributed by atoms with van der Waals surface area (Å²) in [6.45, 7) is 0.588. The molecule has 0 spiro atoms. The Bertz CT molecular complexity index is 869. The van der Waals surface area contributed by atoms with E-state index in [1.165, 1.54) is 18.2 Å². The quantitative estimate of drug-likeness (QED) is 0.543. The Morgan fingerprint density at radius 1 is 1.12 bits per heavy atom. The molecule has 0 saturated heterocycles. The number of rotatable bonds is 5. The van der Waals surface area contributed by atoms with Gasteiger partial charge in [-0.2, -0.15) is 5.10 Å². The third-order valence-electron chi connectivity index (χ3n) is 3.36. The zero-order chi connectivity index (χ0) is 17.6. The maximum Gasteiger partial charge on any atom is 0.323 e. The number of hydrogen-bond acceptors (Lipinski definition) is 3. The van der Waals surface area contributed by atoms with Crippen molar-refractivity contribution in [2.75, 3.05) is 16.0 Å². The molecular formula is C17H15ClFN5O. The largest absolute Gasteiger partial charge is 0.378 e. The molecule has 2 aromatic carbocycles. The van der Waals surface area contributed by atoms with Crippen LogP contribution in [0.25, 0.3) is 0 Å². The lowest BCUT2D eigenvalue weighted by Gasteiger charge is -2.10. The van der Waals surface area contributed by atoms with Gasteiger partial charge in [0.05, 0.1) is 16.9 Å². The summed E-state index contributed by atoms with van der Waals surface area (Å²) in [5.74, 6) is -0.537. The van der Waals surface area contributed by atoms with Crippen LogP contribution in [0.1, 0.15) is 5.56 Å². The lowest BCUT2D eigenvalue weighted by molar-refractivity contribution is 0.262. The highest BCUT2D eigenvalue weighted by Gasteiger charge is 2.06. The van der Waals surface area contributed by atoms with Crippen molar-refractivity contribution >= 4 is 34.7 Å². The minimum atomic E-state index is -0.537. The SMILES string of the molecule is O=C(Nc1cccc(CNc2cn[nH]c2)c1)Nc1ccc(F)c(Cl)c1. The van der Waals surface area contributed by atoms with Crippen LogP contribution in [-0.4, -0.2) is 16.2 Å². The van der Waals surface area contributed by atoms with E-state index in [1.807, 2.05) is 18.2 Å². The Morgan fingerprint density at radius 3 is 2.64 bits per heavy atom. The number of benzene rings is 2. The van der Waals surface area contributed by atoms with Crippen LogP contribution < -0.4 is 16.0 Å². The average molecular weight is 360 g/mol. The first-order valence-electron chi connectivity index (χ1n) is 7.45. The van der Waals surface area contributed by atoms with Gasteiger partial charge in [-0.05, 0) is 35.9 Å².